The Kier molecular flexibility index (Phi) is 4.07. The molecule has 1 aromatic carbocycles. The summed E-state index contributed by atoms with van der Waals surface area (Å²) in [6.45, 7) is 4.32. The Morgan fingerprint density at radius 3 is 2.56 bits per heavy atom. The van der Waals surface area contributed by atoms with Crippen LogP contribution < -0.4 is 4.90 Å². The Morgan fingerprint density at radius 2 is 1.78 bits per heavy atom. The second-order valence-corrected chi connectivity index (χ2v) is 8.34. The predicted molar refractivity (Wildman–Crippen MR) is 110 cm³/mol. The van der Waals surface area contributed by atoms with E-state index in [2.05, 4.69) is 46.1 Å². The largest absolute Gasteiger partial charge is 0.356 e. The summed E-state index contributed by atoms with van der Waals surface area (Å²) >= 11 is 0. The van der Waals surface area contributed by atoms with E-state index in [0.29, 0.717) is 5.41 Å². The van der Waals surface area contributed by atoms with Crippen molar-refractivity contribution in [3.05, 3.63) is 48.5 Å². The number of hydrogen-bond acceptors (Lipinski definition) is 4. The van der Waals surface area contributed by atoms with Crippen molar-refractivity contribution in [2.24, 2.45) is 5.41 Å². The van der Waals surface area contributed by atoms with Gasteiger partial charge in [0.2, 0.25) is 0 Å². The molecule has 4 heteroatoms. The smallest absolute Gasteiger partial charge is 0.139 e. The molecule has 5 rings (SSSR count). The van der Waals surface area contributed by atoms with Gasteiger partial charge in [0.1, 0.15) is 12.1 Å². The van der Waals surface area contributed by atoms with Gasteiger partial charge >= 0.3 is 0 Å². The molecule has 1 aliphatic carbocycles. The second-order valence-electron chi connectivity index (χ2n) is 8.34. The third-order valence-corrected chi connectivity index (χ3v) is 6.64. The highest BCUT2D eigenvalue weighted by Crippen LogP contribution is 2.47. The molecule has 0 unspecified atom stereocenters. The Labute approximate surface area is 160 Å². The van der Waals surface area contributed by atoms with Crippen LogP contribution in [-0.2, 0) is 0 Å². The minimum absolute atomic E-state index is 0.615. The number of nitrogens with zero attached hydrogens (tertiary/aromatic N) is 4. The van der Waals surface area contributed by atoms with Gasteiger partial charge in [-0.3, -0.25) is 0 Å². The molecule has 0 atom stereocenters. The van der Waals surface area contributed by atoms with E-state index in [1.807, 2.05) is 12.4 Å². The van der Waals surface area contributed by atoms with E-state index >= 15 is 0 Å². The van der Waals surface area contributed by atoms with E-state index in [-0.39, 0.29) is 0 Å². The number of aromatic nitrogens is 3. The Hall–Kier alpha value is -2.49. The third-order valence-electron chi connectivity index (χ3n) is 6.64. The maximum atomic E-state index is 4.90. The molecule has 1 spiro atoms. The summed E-state index contributed by atoms with van der Waals surface area (Å²) in [6, 6.07) is 8.55. The predicted octanol–water partition coefficient (Wildman–Crippen LogP) is 5.16. The van der Waals surface area contributed by atoms with Crippen molar-refractivity contribution in [3.63, 3.8) is 0 Å². The fourth-order valence-corrected chi connectivity index (χ4v) is 5.06. The maximum absolute atomic E-state index is 4.90. The molecule has 3 aromatic rings. The first-order chi connectivity index (χ1) is 13.2. The average molecular weight is 358 g/mol. The Balaban J connectivity index is 1.52. The standard InChI is InChI=1S/C23H26N4/c1-17-5-4-6-18(13-17)19-15-25-22(20-14-24-16-26-21(19)20)27-11-9-23(10-12-27)7-2-3-8-23/h4-6,13-16H,2-3,7-12H2,1H3. The molecule has 4 nitrogen and oxygen atoms in total. The van der Waals surface area contributed by atoms with Crippen molar-refractivity contribution in [2.45, 2.75) is 45.4 Å². The van der Waals surface area contributed by atoms with Crippen LogP contribution in [0.25, 0.3) is 22.0 Å². The lowest BCUT2D eigenvalue weighted by Crippen LogP contribution is -2.39. The quantitative estimate of drug-likeness (QED) is 0.634. The fourth-order valence-electron chi connectivity index (χ4n) is 5.06. The van der Waals surface area contributed by atoms with Crippen LogP contribution in [-0.4, -0.2) is 28.0 Å². The summed E-state index contributed by atoms with van der Waals surface area (Å²) in [5.41, 5.74) is 5.12. The molecule has 138 valence electrons. The lowest BCUT2D eigenvalue weighted by atomic mass is 9.77. The van der Waals surface area contributed by atoms with Crippen LogP contribution in [0.2, 0.25) is 0 Å². The number of aryl methyl sites for hydroxylation is 1. The van der Waals surface area contributed by atoms with Crippen molar-refractivity contribution >= 4 is 16.7 Å². The van der Waals surface area contributed by atoms with Crippen LogP contribution in [0.3, 0.4) is 0 Å². The lowest BCUT2D eigenvalue weighted by molar-refractivity contribution is 0.226. The molecule has 1 saturated heterocycles. The highest BCUT2D eigenvalue weighted by molar-refractivity contribution is 5.98. The number of piperidine rings is 1. The van der Waals surface area contributed by atoms with E-state index in [1.165, 1.54) is 49.7 Å². The number of rotatable bonds is 2. The van der Waals surface area contributed by atoms with Gasteiger partial charge in [-0.1, -0.05) is 42.7 Å². The van der Waals surface area contributed by atoms with Gasteiger partial charge in [-0.15, -0.1) is 0 Å². The number of anilines is 1. The summed E-state index contributed by atoms with van der Waals surface area (Å²) in [4.78, 5) is 16.3. The second kappa shape index (κ2) is 6.59. The Morgan fingerprint density at radius 1 is 0.963 bits per heavy atom. The van der Waals surface area contributed by atoms with E-state index in [4.69, 9.17) is 4.98 Å². The van der Waals surface area contributed by atoms with Crippen molar-refractivity contribution in [1.82, 2.24) is 15.0 Å². The van der Waals surface area contributed by atoms with Crippen LogP contribution in [0.5, 0.6) is 0 Å². The summed E-state index contributed by atoms with van der Waals surface area (Å²) in [5, 5.41) is 1.07. The van der Waals surface area contributed by atoms with Gasteiger partial charge in [-0.05, 0) is 43.6 Å². The van der Waals surface area contributed by atoms with Crippen molar-refractivity contribution < 1.29 is 0 Å². The topological polar surface area (TPSA) is 41.9 Å². The molecule has 0 radical (unpaired) electrons. The van der Waals surface area contributed by atoms with Crippen LogP contribution in [0.4, 0.5) is 5.82 Å². The average Bonchev–Trinajstić information content (AvgIpc) is 3.16. The number of fused-ring (bicyclic) bond motifs is 1. The van der Waals surface area contributed by atoms with Crippen LogP contribution in [0.15, 0.2) is 43.0 Å². The van der Waals surface area contributed by atoms with E-state index in [0.717, 1.165) is 35.4 Å². The van der Waals surface area contributed by atoms with E-state index in [9.17, 15) is 0 Å². The molecule has 0 amide bonds. The first kappa shape index (κ1) is 16.7. The molecule has 2 aromatic heterocycles. The van der Waals surface area contributed by atoms with Crippen molar-refractivity contribution in [1.29, 1.82) is 0 Å². The van der Waals surface area contributed by atoms with Crippen LogP contribution in [0, 0.1) is 12.3 Å². The Bertz CT molecular complexity index is 965. The molecule has 1 aliphatic heterocycles. The molecule has 0 N–H and O–H groups in total. The van der Waals surface area contributed by atoms with E-state index < -0.39 is 0 Å². The summed E-state index contributed by atoms with van der Waals surface area (Å²) < 4.78 is 0. The highest BCUT2D eigenvalue weighted by atomic mass is 15.2. The normalized spacial score (nSPS) is 19.1. The molecule has 0 bridgehead atoms. The van der Waals surface area contributed by atoms with Gasteiger partial charge in [-0.25, -0.2) is 15.0 Å². The van der Waals surface area contributed by atoms with E-state index in [1.54, 1.807) is 6.33 Å². The SMILES string of the molecule is Cc1cccc(-c2cnc(N3CCC4(CCCC4)CC3)c3cncnc23)c1. The highest BCUT2D eigenvalue weighted by Gasteiger charge is 2.37. The summed E-state index contributed by atoms with van der Waals surface area (Å²) in [7, 11) is 0. The zero-order chi connectivity index (χ0) is 18.3. The first-order valence-electron chi connectivity index (χ1n) is 10.1. The monoisotopic (exact) mass is 358 g/mol. The molecular formula is C23H26N4. The zero-order valence-corrected chi connectivity index (χ0v) is 16.0. The molecule has 1 saturated carbocycles. The molecule has 2 fully saturated rings. The maximum Gasteiger partial charge on any atom is 0.139 e. The minimum atomic E-state index is 0.615. The minimum Gasteiger partial charge on any atom is -0.356 e. The number of pyridine rings is 1. The number of benzene rings is 1. The molecule has 2 aliphatic rings. The summed E-state index contributed by atoms with van der Waals surface area (Å²) in [5.74, 6) is 1.05. The summed E-state index contributed by atoms with van der Waals surface area (Å²) in [6.07, 6.45) is 13.8. The molecule has 27 heavy (non-hydrogen) atoms. The third kappa shape index (κ3) is 2.97. The lowest BCUT2D eigenvalue weighted by Gasteiger charge is -2.40. The van der Waals surface area contributed by atoms with Crippen LogP contribution >= 0.6 is 0 Å². The van der Waals surface area contributed by atoms with Crippen LogP contribution in [0.1, 0.15) is 44.1 Å². The van der Waals surface area contributed by atoms with Gasteiger partial charge in [0.25, 0.3) is 0 Å². The molecular weight excluding hydrogens is 332 g/mol. The van der Waals surface area contributed by atoms with Gasteiger partial charge in [0.15, 0.2) is 0 Å². The van der Waals surface area contributed by atoms with Crippen molar-refractivity contribution in [3.8, 4) is 11.1 Å². The molecule has 3 heterocycles. The van der Waals surface area contributed by atoms with Gasteiger partial charge in [0, 0.05) is 31.0 Å². The van der Waals surface area contributed by atoms with Gasteiger partial charge in [-0.2, -0.15) is 0 Å². The number of hydrogen-bond donors (Lipinski definition) is 0. The van der Waals surface area contributed by atoms with Gasteiger partial charge in [0.05, 0.1) is 10.9 Å². The zero-order valence-electron chi connectivity index (χ0n) is 16.0. The fraction of sp³-hybridized carbons (Fsp3) is 0.435. The van der Waals surface area contributed by atoms with Gasteiger partial charge < -0.3 is 4.90 Å². The first-order valence-corrected chi connectivity index (χ1v) is 10.1. The van der Waals surface area contributed by atoms with Crippen molar-refractivity contribution in [2.75, 3.05) is 18.0 Å².